The molecule has 0 aliphatic heterocycles. The van der Waals surface area contributed by atoms with Gasteiger partial charge in [-0.3, -0.25) is 4.90 Å². The first kappa shape index (κ1) is 14.0. The summed E-state index contributed by atoms with van der Waals surface area (Å²) < 4.78 is 0. The number of rotatable bonds is 5. The highest BCUT2D eigenvalue weighted by atomic mass is 35.5. The van der Waals surface area contributed by atoms with E-state index in [4.69, 9.17) is 11.6 Å². The Morgan fingerprint density at radius 1 is 1.44 bits per heavy atom. The van der Waals surface area contributed by atoms with E-state index in [0.29, 0.717) is 5.02 Å². The van der Waals surface area contributed by atoms with Crippen molar-refractivity contribution in [1.82, 2.24) is 4.90 Å². The third kappa shape index (κ3) is 2.59. The molecule has 0 aromatic carbocycles. The molecule has 1 N–H and O–H groups in total. The van der Waals surface area contributed by atoms with Gasteiger partial charge in [0.1, 0.15) is 6.10 Å². The Morgan fingerprint density at radius 3 is 2.38 bits per heavy atom. The van der Waals surface area contributed by atoms with Gasteiger partial charge in [0, 0.05) is 5.54 Å². The van der Waals surface area contributed by atoms with Crippen molar-refractivity contribution < 1.29 is 5.11 Å². The van der Waals surface area contributed by atoms with Crippen molar-refractivity contribution >= 4 is 22.9 Å². The van der Waals surface area contributed by atoms with E-state index in [2.05, 4.69) is 32.6 Å². The quantitative estimate of drug-likeness (QED) is 0.876. The number of halogens is 1. The third-order valence-corrected chi connectivity index (χ3v) is 4.55. The molecule has 0 bridgehead atoms. The van der Waals surface area contributed by atoms with Crippen LogP contribution < -0.4 is 0 Å². The topological polar surface area (TPSA) is 23.5 Å². The summed E-state index contributed by atoms with van der Waals surface area (Å²) in [7, 11) is 0. The van der Waals surface area contributed by atoms with Crippen LogP contribution in [0.1, 0.15) is 38.7 Å². The molecule has 0 aliphatic carbocycles. The minimum Gasteiger partial charge on any atom is -0.386 e. The van der Waals surface area contributed by atoms with Gasteiger partial charge in [0.2, 0.25) is 0 Å². The van der Waals surface area contributed by atoms with E-state index in [-0.39, 0.29) is 5.54 Å². The molecule has 0 amide bonds. The van der Waals surface area contributed by atoms with Gasteiger partial charge in [0.05, 0.1) is 9.90 Å². The average Bonchev–Trinajstić information content (AvgIpc) is 2.64. The van der Waals surface area contributed by atoms with Crippen LogP contribution in [0.3, 0.4) is 0 Å². The zero-order valence-corrected chi connectivity index (χ0v) is 11.9. The standard InChI is InChI=1S/C12H20ClNOS/c1-5-14(6-2)12(3,4)11(15)10-9(13)7-8-16-10/h7-8,11,15H,5-6H2,1-4H3. The van der Waals surface area contributed by atoms with Crippen LogP contribution >= 0.6 is 22.9 Å². The predicted molar refractivity (Wildman–Crippen MR) is 71.3 cm³/mol. The summed E-state index contributed by atoms with van der Waals surface area (Å²) in [6, 6.07) is 1.84. The molecule has 92 valence electrons. The van der Waals surface area contributed by atoms with E-state index in [9.17, 15) is 5.11 Å². The van der Waals surface area contributed by atoms with Gasteiger partial charge in [-0.05, 0) is 38.4 Å². The van der Waals surface area contributed by atoms with Crippen LogP contribution in [0.4, 0.5) is 0 Å². The van der Waals surface area contributed by atoms with E-state index in [1.165, 1.54) is 11.3 Å². The van der Waals surface area contributed by atoms with E-state index >= 15 is 0 Å². The first-order valence-corrected chi connectivity index (χ1v) is 6.86. The molecule has 1 unspecified atom stereocenters. The summed E-state index contributed by atoms with van der Waals surface area (Å²) >= 11 is 7.58. The zero-order chi connectivity index (χ0) is 12.3. The lowest BCUT2D eigenvalue weighted by atomic mass is 9.93. The van der Waals surface area contributed by atoms with Crippen molar-refractivity contribution in [2.24, 2.45) is 0 Å². The lowest BCUT2D eigenvalue weighted by Crippen LogP contribution is -2.48. The Hall–Kier alpha value is -0.0900. The molecular formula is C12H20ClNOS. The fourth-order valence-corrected chi connectivity index (χ4v) is 3.36. The first-order chi connectivity index (χ1) is 7.45. The second kappa shape index (κ2) is 5.50. The number of aliphatic hydroxyl groups excluding tert-OH is 1. The maximum atomic E-state index is 10.4. The van der Waals surface area contributed by atoms with Crippen LogP contribution in [0, 0.1) is 0 Å². The zero-order valence-electron chi connectivity index (χ0n) is 10.3. The molecule has 0 aliphatic rings. The first-order valence-electron chi connectivity index (χ1n) is 5.61. The van der Waals surface area contributed by atoms with Crippen molar-refractivity contribution in [3.05, 3.63) is 21.3 Å². The van der Waals surface area contributed by atoms with Gasteiger partial charge in [-0.15, -0.1) is 11.3 Å². The molecule has 0 radical (unpaired) electrons. The number of hydrogen-bond donors (Lipinski definition) is 1. The van der Waals surface area contributed by atoms with Gasteiger partial charge in [-0.1, -0.05) is 25.4 Å². The predicted octanol–water partition coefficient (Wildman–Crippen LogP) is 3.56. The molecule has 1 rings (SSSR count). The van der Waals surface area contributed by atoms with Crippen molar-refractivity contribution in [1.29, 1.82) is 0 Å². The van der Waals surface area contributed by atoms with Crippen LogP contribution in [0.25, 0.3) is 0 Å². The lowest BCUT2D eigenvalue weighted by molar-refractivity contribution is -0.00418. The van der Waals surface area contributed by atoms with Crippen LogP contribution in [0.5, 0.6) is 0 Å². The smallest absolute Gasteiger partial charge is 0.107 e. The Balaban J connectivity index is 2.95. The second-order valence-corrected chi connectivity index (χ2v) is 5.72. The van der Waals surface area contributed by atoms with Crippen LogP contribution in [-0.2, 0) is 0 Å². The minimum atomic E-state index is -0.542. The van der Waals surface area contributed by atoms with E-state index in [1.54, 1.807) is 0 Å². The van der Waals surface area contributed by atoms with E-state index < -0.39 is 6.10 Å². The highest BCUT2D eigenvalue weighted by Crippen LogP contribution is 2.37. The van der Waals surface area contributed by atoms with Crippen molar-refractivity contribution in [2.45, 2.75) is 39.3 Å². The third-order valence-electron chi connectivity index (χ3n) is 3.14. The molecule has 1 aromatic heterocycles. The molecule has 1 aromatic rings. The summed E-state index contributed by atoms with van der Waals surface area (Å²) in [5.41, 5.74) is -0.294. The molecule has 2 nitrogen and oxygen atoms in total. The highest BCUT2D eigenvalue weighted by molar-refractivity contribution is 7.10. The van der Waals surface area contributed by atoms with Crippen LogP contribution in [0.15, 0.2) is 11.4 Å². The van der Waals surface area contributed by atoms with Gasteiger partial charge in [0.15, 0.2) is 0 Å². The molecule has 4 heteroatoms. The maximum Gasteiger partial charge on any atom is 0.107 e. The fraction of sp³-hybridized carbons (Fsp3) is 0.667. The van der Waals surface area contributed by atoms with Gasteiger partial charge >= 0.3 is 0 Å². The largest absolute Gasteiger partial charge is 0.386 e. The van der Waals surface area contributed by atoms with E-state index in [1.807, 2.05) is 11.4 Å². The van der Waals surface area contributed by atoms with Crippen molar-refractivity contribution in [3.63, 3.8) is 0 Å². The monoisotopic (exact) mass is 261 g/mol. The fourth-order valence-electron chi connectivity index (χ4n) is 2.03. The maximum absolute atomic E-state index is 10.4. The summed E-state index contributed by atoms with van der Waals surface area (Å²) in [5.74, 6) is 0. The van der Waals surface area contributed by atoms with Crippen LogP contribution in [0.2, 0.25) is 5.02 Å². The molecule has 0 saturated heterocycles. The second-order valence-electron chi connectivity index (χ2n) is 4.36. The minimum absolute atomic E-state index is 0.294. The van der Waals surface area contributed by atoms with Gasteiger partial charge in [-0.2, -0.15) is 0 Å². The number of aliphatic hydroxyl groups is 1. The summed E-state index contributed by atoms with van der Waals surface area (Å²) in [6.45, 7) is 10.2. The van der Waals surface area contributed by atoms with Gasteiger partial charge in [0.25, 0.3) is 0 Å². The Labute approximate surface area is 107 Å². The molecule has 0 fully saturated rings. The van der Waals surface area contributed by atoms with Gasteiger partial charge in [-0.25, -0.2) is 0 Å². The Bertz CT molecular complexity index is 334. The normalized spacial score (nSPS) is 14.4. The van der Waals surface area contributed by atoms with Gasteiger partial charge < -0.3 is 5.11 Å². The molecule has 0 spiro atoms. The lowest BCUT2D eigenvalue weighted by Gasteiger charge is -2.40. The molecule has 0 saturated carbocycles. The molecule has 1 atom stereocenters. The summed E-state index contributed by atoms with van der Waals surface area (Å²) in [4.78, 5) is 3.10. The Kier molecular flexibility index (Phi) is 4.80. The summed E-state index contributed by atoms with van der Waals surface area (Å²) in [5, 5.41) is 13.0. The SMILES string of the molecule is CCN(CC)C(C)(C)C(O)c1sccc1Cl. The molecule has 1 heterocycles. The number of hydrogen-bond acceptors (Lipinski definition) is 3. The van der Waals surface area contributed by atoms with Crippen molar-refractivity contribution in [2.75, 3.05) is 13.1 Å². The molecule has 16 heavy (non-hydrogen) atoms. The average molecular weight is 262 g/mol. The highest BCUT2D eigenvalue weighted by Gasteiger charge is 2.35. The molecular weight excluding hydrogens is 242 g/mol. The van der Waals surface area contributed by atoms with E-state index in [0.717, 1.165) is 18.0 Å². The Morgan fingerprint density at radius 2 is 2.00 bits per heavy atom. The van der Waals surface area contributed by atoms with Crippen LogP contribution in [-0.4, -0.2) is 28.6 Å². The number of thiophene rings is 1. The number of likely N-dealkylation sites (N-methyl/N-ethyl adjacent to an activating group) is 1. The summed E-state index contributed by atoms with van der Waals surface area (Å²) in [6.07, 6.45) is -0.542. The number of nitrogens with zero attached hydrogens (tertiary/aromatic N) is 1. The van der Waals surface area contributed by atoms with Crippen molar-refractivity contribution in [3.8, 4) is 0 Å².